The second-order valence-electron chi connectivity index (χ2n) is 6.22. The van der Waals surface area contributed by atoms with Gasteiger partial charge in [0.25, 0.3) is 0 Å². The van der Waals surface area contributed by atoms with Crippen molar-refractivity contribution in [1.82, 2.24) is 0 Å². The first-order valence-electron chi connectivity index (χ1n) is 7.11. The number of para-hydroxylation sites is 1. The first-order chi connectivity index (χ1) is 10.3. The van der Waals surface area contributed by atoms with Crippen molar-refractivity contribution >= 4 is 34.8 Å². The fraction of sp³-hybridized carbons (Fsp3) is 0.278. The van der Waals surface area contributed by atoms with Crippen LogP contribution in [0.3, 0.4) is 0 Å². The Hall–Kier alpha value is -1.51. The van der Waals surface area contributed by atoms with E-state index in [0.717, 1.165) is 11.3 Å². The zero-order chi connectivity index (χ0) is 16.3. The lowest BCUT2D eigenvalue weighted by Crippen LogP contribution is -2.20. The topological polar surface area (TPSA) is 29.1 Å². The molecule has 1 N–H and O–H groups in total. The number of carbonyl (C=O) groups is 1. The summed E-state index contributed by atoms with van der Waals surface area (Å²) in [6.45, 7) is 6.34. The van der Waals surface area contributed by atoms with Crippen molar-refractivity contribution < 1.29 is 4.79 Å². The summed E-state index contributed by atoms with van der Waals surface area (Å²) in [5.41, 5.74) is 2.51. The van der Waals surface area contributed by atoms with Crippen LogP contribution in [0, 0.1) is 0 Å². The number of nitrogens with one attached hydrogen (secondary N) is 1. The van der Waals surface area contributed by atoms with Crippen LogP contribution in [0.15, 0.2) is 42.5 Å². The molecule has 4 heteroatoms. The van der Waals surface area contributed by atoms with E-state index < -0.39 is 0 Å². The maximum absolute atomic E-state index is 12.3. The molecule has 0 aromatic heterocycles. The van der Waals surface area contributed by atoms with E-state index in [1.807, 2.05) is 24.3 Å². The van der Waals surface area contributed by atoms with Gasteiger partial charge in [0.2, 0.25) is 5.91 Å². The molecule has 0 atom stereocenters. The molecule has 0 aliphatic rings. The highest BCUT2D eigenvalue weighted by Gasteiger charge is 2.19. The molecule has 0 fully saturated rings. The number of rotatable bonds is 3. The van der Waals surface area contributed by atoms with Gasteiger partial charge in [-0.3, -0.25) is 4.79 Å². The summed E-state index contributed by atoms with van der Waals surface area (Å²) in [6.07, 6.45) is 0.150. The standard InChI is InChI=1S/C18H19Cl2NO/c1-18(2,3)13-7-4-5-10-16(13)21-17(22)11-12-14(19)8-6-9-15(12)20/h4-10H,11H2,1-3H3,(H,21,22). The van der Waals surface area contributed by atoms with Crippen LogP contribution in [0.2, 0.25) is 10.0 Å². The van der Waals surface area contributed by atoms with E-state index in [9.17, 15) is 4.79 Å². The van der Waals surface area contributed by atoms with Crippen LogP contribution in [0.4, 0.5) is 5.69 Å². The molecule has 0 saturated heterocycles. The number of carbonyl (C=O) groups excluding carboxylic acids is 1. The Morgan fingerprint density at radius 1 is 1.00 bits per heavy atom. The summed E-state index contributed by atoms with van der Waals surface area (Å²) in [5.74, 6) is -0.133. The van der Waals surface area contributed by atoms with Crippen LogP contribution in [0.5, 0.6) is 0 Å². The molecule has 0 aliphatic heterocycles. The Labute approximate surface area is 141 Å². The zero-order valence-electron chi connectivity index (χ0n) is 12.9. The maximum atomic E-state index is 12.3. The third-order valence-corrected chi connectivity index (χ3v) is 4.12. The minimum Gasteiger partial charge on any atom is -0.326 e. The van der Waals surface area contributed by atoms with Gasteiger partial charge in [0.15, 0.2) is 0 Å². The van der Waals surface area contributed by atoms with Gasteiger partial charge in [0.05, 0.1) is 6.42 Å². The highest BCUT2D eigenvalue weighted by molar-refractivity contribution is 6.36. The molecule has 2 aromatic carbocycles. The zero-order valence-corrected chi connectivity index (χ0v) is 14.4. The van der Waals surface area contributed by atoms with E-state index in [0.29, 0.717) is 15.6 Å². The number of halogens is 2. The molecule has 0 radical (unpaired) electrons. The maximum Gasteiger partial charge on any atom is 0.228 e. The van der Waals surface area contributed by atoms with Crippen LogP contribution >= 0.6 is 23.2 Å². The van der Waals surface area contributed by atoms with E-state index in [2.05, 4.69) is 26.1 Å². The smallest absolute Gasteiger partial charge is 0.228 e. The van der Waals surface area contributed by atoms with Crippen LogP contribution in [0.1, 0.15) is 31.9 Å². The van der Waals surface area contributed by atoms with Gasteiger partial charge in [-0.15, -0.1) is 0 Å². The fourth-order valence-corrected chi connectivity index (χ4v) is 2.83. The van der Waals surface area contributed by atoms with E-state index in [-0.39, 0.29) is 17.7 Å². The van der Waals surface area contributed by atoms with E-state index >= 15 is 0 Å². The van der Waals surface area contributed by atoms with Gasteiger partial charge in [-0.05, 0) is 34.7 Å². The molecular formula is C18H19Cl2NO. The molecule has 0 bridgehead atoms. The Morgan fingerprint density at radius 2 is 1.59 bits per heavy atom. The third-order valence-electron chi connectivity index (χ3n) is 3.41. The van der Waals surface area contributed by atoms with E-state index in [4.69, 9.17) is 23.2 Å². The first kappa shape index (κ1) is 16.9. The molecule has 0 spiro atoms. The fourth-order valence-electron chi connectivity index (χ4n) is 2.30. The lowest BCUT2D eigenvalue weighted by atomic mass is 9.86. The van der Waals surface area contributed by atoms with Gasteiger partial charge in [-0.1, -0.05) is 68.2 Å². The molecule has 2 nitrogen and oxygen atoms in total. The predicted octanol–water partition coefficient (Wildman–Crippen LogP) is 5.47. The van der Waals surface area contributed by atoms with E-state index in [1.165, 1.54) is 0 Å². The minimum absolute atomic E-state index is 0.0497. The van der Waals surface area contributed by atoms with Gasteiger partial charge in [-0.2, -0.15) is 0 Å². The highest BCUT2D eigenvalue weighted by atomic mass is 35.5. The molecule has 0 unspecified atom stereocenters. The van der Waals surface area contributed by atoms with Gasteiger partial charge in [0.1, 0.15) is 0 Å². The Kier molecular flexibility index (Phi) is 5.15. The lowest BCUT2D eigenvalue weighted by molar-refractivity contribution is -0.115. The normalized spacial score (nSPS) is 11.3. The van der Waals surface area contributed by atoms with Crippen molar-refractivity contribution in [2.45, 2.75) is 32.6 Å². The largest absolute Gasteiger partial charge is 0.326 e. The second kappa shape index (κ2) is 6.72. The SMILES string of the molecule is CC(C)(C)c1ccccc1NC(=O)Cc1c(Cl)cccc1Cl. The Morgan fingerprint density at radius 3 is 2.18 bits per heavy atom. The summed E-state index contributed by atoms with van der Waals surface area (Å²) in [4.78, 5) is 12.3. The summed E-state index contributed by atoms with van der Waals surface area (Å²) in [6, 6.07) is 13.1. The average Bonchev–Trinajstić information content (AvgIpc) is 2.42. The molecule has 22 heavy (non-hydrogen) atoms. The van der Waals surface area contributed by atoms with Gasteiger partial charge < -0.3 is 5.32 Å². The third kappa shape index (κ3) is 4.02. The highest BCUT2D eigenvalue weighted by Crippen LogP contribution is 2.30. The van der Waals surface area contributed by atoms with Crippen LogP contribution < -0.4 is 5.32 Å². The number of benzene rings is 2. The minimum atomic E-state index is -0.133. The summed E-state index contributed by atoms with van der Waals surface area (Å²) in [5, 5.41) is 3.98. The first-order valence-corrected chi connectivity index (χ1v) is 7.87. The molecular weight excluding hydrogens is 317 g/mol. The van der Waals surface area contributed by atoms with E-state index in [1.54, 1.807) is 18.2 Å². The van der Waals surface area contributed by atoms with Crippen LogP contribution in [0.25, 0.3) is 0 Å². The lowest BCUT2D eigenvalue weighted by Gasteiger charge is -2.23. The Balaban J connectivity index is 2.20. The van der Waals surface area contributed by atoms with Crippen molar-refractivity contribution in [3.8, 4) is 0 Å². The van der Waals surface area contributed by atoms with Gasteiger partial charge in [0, 0.05) is 15.7 Å². The number of amides is 1. The molecule has 2 aromatic rings. The summed E-state index contributed by atoms with van der Waals surface area (Å²) in [7, 11) is 0. The quantitative estimate of drug-likeness (QED) is 0.791. The van der Waals surface area contributed by atoms with Crippen LogP contribution in [-0.4, -0.2) is 5.91 Å². The van der Waals surface area contributed by atoms with Crippen molar-refractivity contribution in [3.63, 3.8) is 0 Å². The van der Waals surface area contributed by atoms with Crippen molar-refractivity contribution in [3.05, 3.63) is 63.6 Å². The molecule has 0 aliphatic carbocycles. The number of hydrogen-bond acceptors (Lipinski definition) is 1. The average molecular weight is 336 g/mol. The molecule has 0 heterocycles. The summed E-state index contributed by atoms with van der Waals surface area (Å²) >= 11 is 12.2. The van der Waals surface area contributed by atoms with Crippen molar-refractivity contribution in [2.24, 2.45) is 0 Å². The monoisotopic (exact) mass is 335 g/mol. The predicted molar refractivity (Wildman–Crippen MR) is 93.9 cm³/mol. The molecule has 1 amide bonds. The summed E-state index contributed by atoms with van der Waals surface area (Å²) < 4.78 is 0. The molecule has 116 valence electrons. The Bertz CT molecular complexity index is 669. The number of anilines is 1. The second-order valence-corrected chi connectivity index (χ2v) is 7.04. The molecule has 2 rings (SSSR count). The molecule has 0 saturated carbocycles. The van der Waals surface area contributed by atoms with Crippen molar-refractivity contribution in [1.29, 1.82) is 0 Å². The van der Waals surface area contributed by atoms with Gasteiger partial charge in [-0.25, -0.2) is 0 Å². The van der Waals surface area contributed by atoms with Gasteiger partial charge >= 0.3 is 0 Å². The number of hydrogen-bond donors (Lipinski definition) is 1. The van der Waals surface area contributed by atoms with Crippen LogP contribution in [-0.2, 0) is 16.6 Å². The van der Waals surface area contributed by atoms with Crippen molar-refractivity contribution in [2.75, 3.05) is 5.32 Å².